The van der Waals surface area contributed by atoms with Gasteiger partial charge in [-0.2, -0.15) is 4.57 Å². The van der Waals surface area contributed by atoms with Crippen LogP contribution in [0.1, 0.15) is 28.2 Å². The van der Waals surface area contributed by atoms with Crippen LogP contribution >= 0.6 is 11.8 Å². The zero-order valence-electron chi connectivity index (χ0n) is 19.3. The Balaban J connectivity index is 0.00000289. The van der Waals surface area contributed by atoms with Gasteiger partial charge in [0.05, 0.1) is 29.9 Å². The van der Waals surface area contributed by atoms with Crippen LogP contribution in [0.5, 0.6) is 5.75 Å². The number of carbonyl (C=O) groups excluding carboxylic acids is 2. The van der Waals surface area contributed by atoms with E-state index in [2.05, 4.69) is 6.58 Å². The Morgan fingerprint density at radius 3 is 2.71 bits per heavy atom. The molecular weight excluding hydrogens is 575 g/mol. The summed E-state index contributed by atoms with van der Waals surface area (Å²) >= 11 is 1.75. The Bertz CT molecular complexity index is 1320. The fourth-order valence-corrected chi connectivity index (χ4v) is 5.51. The molecule has 180 valence electrons. The highest BCUT2D eigenvalue weighted by atomic mass is 127. The summed E-state index contributed by atoms with van der Waals surface area (Å²) in [5.74, 6) is 1.23. The summed E-state index contributed by atoms with van der Waals surface area (Å²) in [7, 11) is 1.61. The number of allylic oxidation sites excluding steroid dienone is 1. The number of aromatic nitrogens is 1. The lowest BCUT2D eigenvalue weighted by atomic mass is 10.0. The first kappa shape index (κ1) is 25.2. The number of carbonyl (C=O) groups is 2. The Kier molecular flexibility index (Phi) is 7.81. The van der Waals surface area contributed by atoms with Gasteiger partial charge in [0.15, 0.2) is 6.54 Å². The number of fused-ring (bicyclic) bond motifs is 2. The number of amides is 1. The van der Waals surface area contributed by atoms with Crippen LogP contribution in [0.4, 0.5) is 0 Å². The highest BCUT2D eigenvalue weighted by molar-refractivity contribution is 8.00. The van der Waals surface area contributed by atoms with Gasteiger partial charge in [0.1, 0.15) is 12.4 Å². The number of β-lactam (4-membered cyclic amide) rings is 1. The molecule has 3 heterocycles. The van der Waals surface area contributed by atoms with Gasteiger partial charge in [-0.1, -0.05) is 36.9 Å². The molecule has 5 rings (SSSR count). The van der Waals surface area contributed by atoms with Gasteiger partial charge in [0.25, 0.3) is 5.69 Å². The van der Waals surface area contributed by atoms with E-state index in [4.69, 9.17) is 9.47 Å². The van der Waals surface area contributed by atoms with Gasteiger partial charge in [-0.3, -0.25) is 4.79 Å². The lowest BCUT2D eigenvalue weighted by Crippen LogP contribution is -3.00. The van der Waals surface area contributed by atoms with Crippen LogP contribution in [0, 0.1) is 0 Å². The van der Waals surface area contributed by atoms with Gasteiger partial charge in [-0.15, -0.1) is 11.8 Å². The average Bonchev–Trinajstić information content (AvgIpc) is 2.87. The molecule has 1 unspecified atom stereocenters. The van der Waals surface area contributed by atoms with Crippen LogP contribution in [-0.4, -0.2) is 35.0 Å². The van der Waals surface area contributed by atoms with Crippen molar-refractivity contribution in [2.45, 2.75) is 24.9 Å². The summed E-state index contributed by atoms with van der Waals surface area (Å²) in [5, 5.41) is 2.18. The summed E-state index contributed by atoms with van der Waals surface area (Å²) in [6.07, 6.45) is 4.30. The van der Waals surface area contributed by atoms with Crippen molar-refractivity contribution in [2.24, 2.45) is 0 Å². The molecule has 2 aliphatic rings. The summed E-state index contributed by atoms with van der Waals surface area (Å²) in [5.41, 5.74) is 3.25. The first-order valence-electron chi connectivity index (χ1n) is 11.1. The molecule has 35 heavy (non-hydrogen) atoms. The SMILES string of the molecule is C=CC[n+]1c(C(=O)OCc2ccc(OC)cc2)cc2ccccc2c1C1=CN2C(=O)CC2SC1.[I-]. The van der Waals surface area contributed by atoms with E-state index < -0.39 is 5.97 Å². The van der Waals surface area contributed by atoms with E-state index in [9.17, 15) is 9.59 Å². The summed E-state index contributed by atoms with van der Waals surface area (Å²) in [4.78, 5) is 27.2. The quantitative estimate of drug-likeness (QED) is 0.135. The number of hydrogen-bond acceptors (Lipinski definition) is 5. The number of thioether (sulfide) groups is 1. The number of rotatable bonds is 7. The number of methoxy groups -OCH3 is 1. The third-order valence-electron chi connectivity index (χ3n) is 6.10. The molecular formula is C27H25IN2O4S. The second kappa shape index (κ2) is 10.8. The van der Waals surface area contributed by atoms with Crippen molar-refractivity contribution in [2.75, 3.05) is 12.9 Å². The van der Waals surface area contributed by atoms with Crippen LogP contribution in [0.25, 0.3) is 16.3 Å². The molecule has 2 aliphatic heterocycles. The number of nitrogens with zero attached hydrogens (tertiary/aromatic N) is 2. The molecule has 1 amide bonds. The molecule has 1 aromatic heterocycles. The number of esters is 1. The Hall–Kier alpha value is -2.85. The monoisotopic (exact) mass is 600 g/mol. The maximum Gasteiger partial charge on any atom is 0.404 e. The molecule has 0 aliphatic carbocycles. The van der Waals surface area contributed by atoms with Crippen LogP contribution in [0.3, 0.4) is 0 Å². The number of halogens is 1. The average molecular weight is 600 g/mol. The minimum atomic E-state index is -0.411. The zero-order valence-corrected chi connectivity index (χ0v) is 22.3. The van der Waals surface area contributed by atoms with Gasteiger partial charge >= 0.3 is 5.97 Å². The molecule has 2 aromatic carbocycles. The van der Waals surface area contributed by atoms with Crippen molar-refractivity contribution in [3.05, 3.63) is 90.4 Å². The molecule has 0 N–H and O–H groups in total. The predicted octanol–water partition coefficient (Wildman–Crippen LogP) is 1.33. The van der Waals surface area contributed by atoms with Crippen molar-refractivity contribution in [3.63, 3.8) is 0 Å². The Labute approximate surface area is 225 Å². The van der Waals surface area contributed by atoms with E-state index in [0.717, 1.165) is 39.1 Å². The number of ether oxygens (including phenoxy) is 2. The fourth-order valence-electron chi connectivity index (χ4n) is 4.32. The summed E-state index contributed by atoms with van der Waals surface area (Å²) in [6.45, 7) is 4.50. The second-order valence-corrected chi connectivity index (χ2v) is 9.38. The zero-order chi connectivity index (χ0) is 23.7. The highest BCUT2D eigenvalue weighted by Crippen LogP contribution is 2.39. The fraction of sp³-hybridized carbons (Fsp3) is 0.222. The van der Waals surface area contributed by atoms with E-state index in [-0.39, 0.29) is 41.9 Å². The number of pyridine rings is 1. The second-order valence-electron chi connectivity index (χ2n) is 8.21. The molecule has 0 radical (unpaired) electrons. The molecule has 6 nitrogen and oxygen atoms in total. The van der Waals surface area contributed by atoms with Gasteiger partial charge in [-0.25, -0.2) is 4.79 Å². The lowest BCUT2D eigenvalue weighted by molar-refractivity contribution is -0.690. The van der Waals surface area contributed by atoms with Gasteiger partial charge in [0.2, 0.25) is 11.6 Å². The maximum atomic E-state index is 13.3. The third kappa shape index (κ3) is 4.95. The van der Waals surface area contributed by atoms with E-state index in [0.29, 0.717) is 18.7 Å². The lowest BCUT2D eigenvalue weighted by Gasteiger charge is -2.40. The van der Waals surface area contributed by atoms with Crippen LogP contribution < -0.4 is 33.3 Å². The summed E-state index contributed by atoms with van der Waals surface area (Å²) < 4.78 is 12.8. The van der Waals surface area contributed by atoms with Crippen molar-refractivity contribution >= 4 is 40.0 Å². The van der Waals surface area contributed by atoms with Crippen LogP contribution in [0.15, 0.2) is 73.5 Å². The van der Waals surface area contributed by atoms with Crippen LogP contribution in [-0.2, 0) is 22.7 Å². The van der Waals surface area contributed by atoms with Crippen molar-refractivity contribution in [1.82, 2.24) is 4.90 Å². The van der Waals surface area contributed by atoms with E-state index >= 15 is 0 Å². The first-order chi connectivity index (χ1) is 16.6. The van der Waals surface area contributed by atoms with E-state index in [1.165, 1.54) is 0 Å². The van der Waals surface area contributed by atoms with Crippen molar-refractivity contribution in [1.29, 1.82) is 0 Å². The molecule has 1 fully saturated rings. The molecule has 1 atom stereocenters. The molecule has 1 saturated heterocycles. The van der Waals surface area contributed by atoms with E-state index in [1.807, 2.05) is 65.4 Å². The highest BCUT2D eigenvalue weighted by Gasteiger charge is 2.40. The smallest absolute Gasteiger partial charge is 0.404 e. The maximum absolute atomic E-state index is 13.3. The Morgan fingerprint density at radius 1 is 1.23 bits per heavy atom. The third-order valence-corrected chi connectivity index (χ3v) is 7.35. The molecule has 8 heteroatoms. The topological polar surface area (TPSA) is 59.7 Å². The minimum absolute atomic E-state index is 0. The number of hydrogen-bond donors (Lipinski definition) is 0. The van der Waals surface area contributed by atoms with Gasteiger partial charge in [0, 0.05) is 18.0 Å². The van der Waals surface area contributed by atoms with Gasteiger partial charge < -0.3 is 38.4 Å². The normalized spacial score (nSPS) is 16.5. The largest absolute Gasteiger partial charge is 1.00 e. The molecule has 3 aromatic rings. The molecule has 0 spiro atoms. The van der Waals surface area contributed by atoms with Crippen molar-refractivity contribution in [3.8, 4) is 5.75 Å². The molecule has 0 bridgehead atoms. The number of benzene rings is 2. The minimum Gasteiger partial charge on any atom is -1.00 e. The van der Waals surface area contributed by atoms with Gasteiger partial charge in [-0.05, 0) is 35.2 Å². The molecule has 0 saturated carbocycles. The predicted molar refractivity (Wildman–Crippen MR) is 132 cm³/mol. The Morgan fingerprint density at radius 2 is 2.00 bits per heavy atom. The first-order valence-corrected chi connectivity index (χ1v) is 12.1. The van der Waals surface area contributed by atoms with E-state index in [1.54, 1.807) is 29.8 Å². The van der Waals surface area contributed by atoms with Crippen molar-refractivity contribution < 1.29 is 47.6 Å². The summed E-state index contributed by atoms with van der Waals surface area (Å²) in [6, 6.07) is 17.3. The van der Waals surface area contributed by atoms with Crippen LogP contribution in [0.2, 0.25) is 0 Å². The standard InChI is InChI=1S/C27H25N2O4S.HI/c1-3-12-28-23(27(31)33-16-18-8-10-21(32-2)11-9-18)13-19-6-4-5-7-22(19)26(28)20-15-29-24(30)14-25(29)34-17-20;/h3-11,13,15,25H,1,12,14,16-17H2,2H3;1H/q+1;/p-1.